The van der Waals surface area contributed by atoms with Gasteiger partial charge in [-0.15, -0.1) is 24.8 Å². The summed E-state index contributed by atoms with van der Waals surface area (Å²) in [7, 11) is 0. The molecule has 0 spiro atoms. The molecule has 2 heterocycles. The highest BCUT2D eigenvalue weighted by molar-refractivity contribution is 5.85. The molecule has 23 heavy (non-hydrogen) atoms. The van der Waals surface area contributed by atoms with Gasteiger partial charge in [-0.1, -0.05) is 0 Å². The summed E-state index contributed by atoms with van der Waals surface area (Å²) in [6, 6.07) is 6.90. The molecule has 130 valence electrons. The first kappa shape index (κ1) is 19.8. The highest BCUT2D eigenvalue weighted by atomic mass is 35.5. The number of nitrogens with one attached hydrogen (secondary N) is 1. The summed E-state index contributed by atoms with van der Waals surface area (Å²) in [4.78, 5) is 16.4. The van der Waals surface area contributed by atoms with E-state index in [-0.39, 0.29) is 42.5 Å². The molecule has 0 bridgehead atoms. The number of aliphatic hydroxyl groups excluding tert-OH is 1. The molecule has 2 unspecified atom stereocenters. The Hall–Kier alpha value is -1.21. The van der Waals surface area contributed by atoms with Crippen LogP contribution in [0.15, 0.2) is 24.3 Å². The number of nitrogens with zero attached hydrogens (tertiary/aromatic N) is 2. The largest absolute Gasteiger partial charge is 0.508 e. The number of anilines is 1. The fourth-order valence-electron chi connectivity index (χ4n) is 2.97. The molecule has 1 aromatic carbocycles. The van der Waals surface area contributed by atoms with Crippen LogP contribution >= 0.6 is 24.8 Å². The van der Waals surface area contributed by atoms with Gasteiger partial charge in [0, 0.05) is 38.4 Å². The number of benzene rings is 1. The molecule has 2 saturated heterocycles. The maximum atomic E-state index is 12.3. The van der Waals surface area contributed by atoms with Gasteiger partial charge in [0.1, 0.15) is 5.75 Å². The Morgan fingerprint density at radius 2 is 1.70 bits per heavy atom. The molecule has 1 aromatic rings. The molecule has 0 saturated carbocycles. The van der Waals surface area contributed by atoms with Crippen LogP contribution in [0.2, 0.25) is 0 Å². The smallest absolute Gasteiger partial charge is 0.239 e. The third-order valence-electron chi connectivity index (χ3n) is 4.21. The quantitative estimate of drug-likeness (QED) is 0.717. The number of phenolic OH excluding ortho intramolecular Hbond substituents is 1. The highest BCUT2D eigenvalue weighted by Gasteiger charge is 2.32. The number of amides is 1. The van der Waals surface area contributed by atoms with Crippen LogP contribution in [-0.4, -0.2) is 65.9 Å². The maximum absolute atomic E-state index is 12.3. The first-order valence-electron chi connectivity index (χ1n) is 7.38. The van der Waals surface area contributed by atoms with Crippen molar-refractivity contribution in [3.8, 4) is 5.75 Å². The van der Waals surface area contributed by atoms with E-state index < -0.39 is 6.10 Å². The van der Waals surface area contributed by atoms with Gasteiger partial charge in [-0.25, -0.2) is 0 Å². The Bertz CT molecular complexity index is 507. The van der Waals surface area contributed by atoms with Crippen LogP contribution in [0.3, 0.4) is 0 Å². The zero-order valence-electron chi connectivity index (χ0n) is 12.7. The van der Waals surface area contributed by atoms with Crippen molar-refractivity contribution >= 4 is 36.4 Å². The van der Waals surface area contributed by atoms with Gasteiger partial charge in [0.2, 0.25) is 5.91 Å². The fourth-order valence-corrected chi connectivity index (χ4v) is 2.97. The highest BCUT2D eigenvalue weighted by Crippen LogP contribution is 2.20. The lowest BCUT2D eigenvalue weighted by atomic mass is 10.1. The molecule has 3 N–H and O–H groups in total. The van der Waals surface area contributed by atoms with Gasteiger partial charge in [0.25, 0.3) is 0 Å². The Morgan fingerprint density at radius 1 is 1.09 bits per heavy atom. The van der Waals surface area contributed by atoms with E-state index in [4.69, 9.17) is 0 Å². The SMILES string of the molecule is Cl.Cl.O=C(C1CC(O)CN1)N1CCN(c2ccc(O)cc2)CC1. The molecule has 0 aromatic heterocycles. The van der Waals surface area contributed by atoms with Gasteiger partial charge < -0.3 is 25.3 Å². The first-order valence-corrected chi connectivity index (χ1v) is 7.38. The van der Waals surface area contributed by atoms with Crippen molar-refractivity contribution in [2.24, 2.45) is 0 Å². The monoisotopic (exact) mass is 363 g/mol. The molecule has 2 aliphatic rings. The van der Waals surface area contributed by atoms with Crippen molar-refractivity contribution in [1.29, 1.82) is 0 Å². The van der Waals surface area contributed by atoms with Crippen LogP contribution in [0.4, 0.5) is 5.69 Å². The molecule has 0 aliphatic carbocycles. The number of β-amino-alcohol motifs (C(OH)–C–C–N with tert-alkyl or cyclic N) is 1. The third kappa shape index (κ3) is 4.64. The number of piperazine rings is 1. The van der Waals surface area contributed by atoms with Gasteiger partial charge >= 0.3 is 0 Å². The average Bonchev–Trinajstić information content (AvgIpc) is 2.94. The maximum Gasteiger partial charge on any atom is 0.239 e. The number of halogens is 2. The Balaban J connectivity index is 0.00000132. The van der Waals surface area contributed by atoms with Crippen LogP contribution in [-0.2, 0) is 4.79 Å². The number of hydrogen-bond donors (Lipinski definition) is 3. The van der Waals surface area contributed by atoms with Crippen molar-refractivity contribution in [2.45, 2.75) is 18.6 Å². The summed E-state index contributed by atoms with van der Waals surface area (Å²) in [5.74, 6) is 0.357. The number of aromatic hydroxyl groups is 1. The second-order valence-corrected chi connectivity index (χ2v) is 5.68. The molecular formula is C15H23Cl2N3O3. The van der Waals surface area contributed by atoms with Gasteiger partial charge in [-0.05, 0) is 30.7 Å². The number of carbonyl (C=O) groups is 1. The van der Waals surface area contributed by atoms with E-state index in [1.165, 1.54) is 0 Å². The number of hydrogen-bond acceptors (Lipinski definition) is 5. The number of phenols is 1. The van der Waals surface area contributed by atoms with Gasteiger partial charge in [0.15, 0.2) is 0 Å². The Labute approximate surface area is 148 Å². The van der Waals surface area contributed by atoms with E-state index >= 15 is 0 Å². The average molecular weight is 364 g/mol. The van der Waals surface area contributed by atoms with Crippen molar-refractivity contribution in [2.75, 3.05) is 37.6 Å². The summed E-state index contributed by atoms with van der Waals surface area (Å²) in [6.45, 7) is 3.45. The summed E-state index contributed by atoms with van der Waals surface area (Å²) in [5, 5.41) is 21.9. The lowest BCUT2D eigenvalue weighted by Gasteiger charge is -2.37. The third-order valence-corrected chi connectivity index (χ3v) is 4.21. The molecule has 2 aliphatic heterocycles. The Morgan fingerprint density at radius 3 is 2.22 bits per heavy atom. The van der Waals surface area contributed by atoms with E-state index in [2.05, 4.69) is 10.2 Å². The number of rotatable bonds is 2. The van der Waals surface area contributed by atoms with Crippen molar-refractivity contribution in [1.82, 2.24) is 10.2 Å². The van der Waals surface area contributed by atoms with Crippen LogP contribution in [0.5, 0.6) is 5.75 Å². The van der Waals surface area contributed by atoms with Crippen LogP contribution < -0.4 is 10.2 Å². The van der Waals surface area contributed by atoms with Gasteiger partial charge in [-0.3, -0.25) is 4.79 Å². The lowest BCUT2D eigenvalue weighted by molar-refractivity contribution is -0.133. The zero-order valence-corrected chi connectivity index (χ0v) is 14.4. The van der Waals surface area contributed by atoms with Crippen LogP contribution in [0, 0.1) is 0 Å². The summed E-state index contributed by atoms with van der Waals surface area (Å²) in [5.41, 5.74) is 1.06. The number of carbonyl (C=O) groups excluding carboxylic acids is 1. The minimum absolute atomic E-state index is 0. The van der Waals surface area contributed by atoms with E-state index in [1.54, 1.807) is 12.1 Å². The molecule has 6 nitrogen and oxygen atoms in total. The summed E-state index contributed by atoms with van der Waals surface area (Å²) >= 11 is 0. The molecule has 0 radical (unpaired) electrons. The first-order chi connectivity index (χ1) is 10.1. The lowest BCUT2D eigenvalue weighted by Crippen LogP contribution is -2.53. The molecule has 1 amide bonds. The van der Waals surface area contributed by atoms with Crippen molar-refractivity contribution in [3.63, 3.8) is 0 Å². The second-order valence-electron chi connectivity index (χ2n) is 5.68. The van der Waals surface area contributed by atoms with Gasteiger partial charge in [0.05, 0.1) is 12.1 Å². The summed E-state index contributed by atoms with van der Waals surface area (Å²) < 4.78 is 0. The van der Waals surface area contributed by atoms with Crippen LogP contribution in [0.25, 0.3) is 0 Å². The molecule has 2 atom stereocenters. The van der Waals surface area contributed by atoms with E-state index in [1.807, 2.05) is 17.0 Å². The van der Waals surface area contributed by atoms with E-state index in [9.17, 15) is 15.0 Å². The minimum Gasteiger partial charge on any atom is -0.508 e. The zero-order chi connectivity index (χ0) is 14.8. The molecular weight excluding hydrogens is 341 g/mol. The van der Waals surface area contributed by atoms with E-state index in [0.717, 1.165) is 18.8 Å². The molecule has 3 rings (SSSR count). The second kappa shape index (κ2) is 8.59. The fraction of sp³-hybridized carbons (Fsp3) is 0.533. The summed E-state index contributed by atoms with van der Waals surface area (Å²) in [6.07, 6.45) is 0.106. The van der Waals surface area contributed by atoms with E-state index in [0.29, 0.717) is 26.1 Å². The predicted molar refractivity (Wildman–Crippen MR) is 93.8 cm³/mol. The van der Waals surface area contributed by atoms with Crippen molar-refractivity contribution < 1.29 is 15.0 Å². The van der Waals surface area contributed by atoms with Gasteiger partial charge in [-0.2, -0.15) is 0 Å². The Kier molecular flexibility index (Phi) is 7.41. The minimum atomic E-state index is -0.405. The van der Waals surface area contributed by atoms with Crippen molar-refractivity contribution in [3.05, 3.63) is 24.3 Å². The topological polar surface area (TPSA) is 76.0 Å². The number of aliphatic hydroxyl groups is 1. The van der Waals surface area contributed by atoms with Crippen LogP contribution in [0.1, 0.15) is 6.42 Å². The normalized spacial score (nSPS) is 23.9. The standard InChI is InChI=1S/C15H21N3O3.2ClH/c19-12-3-1-11(2-4-12)17-5-7-18(8-6-17)15(21)14-9-13(20)10-16-14;;/h1-4,13-14,16,19-20H,5-10H2;2*1H. The molecule has 2 fully saturated rings. The predicted octanol–water partition coefficient (Wildman–Crippen LogP) is 0.607. The molecule has 8 heteroatoms.